The van der Waals surface area contributed by atoms with Crippen LogP contribution in [0.15, 0.2) is 53.1 Å². The van der Waals surface area contributed by atoms with Crippen molar-refractivity contribution in [1.29, 1.82) is 0 Å². The van der Waals surface area contributed by atoms with E-state index in [4.69, 9.17) is 4.52 Å². The van der Waals surface area contributed by atoms with Gasteiger partial charge in [-0.25, -0.2) is 8.42 Å². The molecule has 0 N–H and O–H groups in total. The highest BCUT2D eigenvalue weighted by molar-refractivity contribution is 7.88. The van der Waals surface area contributed by atoms with Gasteiger partial charge in [-0.3, -0.25) is 4.79 Å². The molecule has 0 radical (unpaired) electrons. The third-order valence-electron chi connectivity index (χ3n) is 4.84. The second-order valence-corrected chi connectivity index (χ2v) is 9.63. The summed E-state index contributed by atoms with van der Waals surface area (Å²) in [5.41, 5.74) is 3.83. The second-order valence-electron chi connectivity index (χ2n) is 7.64. The minimum Gasteiger partial charge on any atom is -0.337 e. The quantitative estimate of drug-likeness (QED) is 0.532. The molecule has 1 amide bonds. The number of aromatic nitrogens is 2. The van der Waals surface area contributed by atoms with Gasteiger partial charge in [-0.1, -0.05) is 64.8 Å². The van der Waals surface area contributed by atoms with Crippen LogP contribution in [-0.4, -0.2) is 53.5 Å². The molecule has 1 heterocycles. The Labute approximate surface area is 182 Å². The van der Waals surface area contributed by atoms with Crippen molar-refractivity contribution in [2.75, 3.05) is 19.8 Å². The number of likely N-dealkylation sites (N-methyl/N-ethyl adjacent to an activating group) is 1. The number of sulfonamides is 1. The van der Waals surface area contributed by atoms with E-state index in [2.05, 4.69) is 10.1 Å². The maximum Gasteiger partial charge on any atom is 0.246 e. The van der Waals surface area contributed by atoms with Gasteiger partial charge in [-0.2, -0.15) is 9.29 Å². The monoisotopic (exact) mass is 442 g/mol. The van der Waals surface area contributed by atoms with E-state index in [9.17, 15) is 13.2 Å². The number of benzene rings is 2. The largest absolute Gasteiger partial charge is 0.337 e. The van der Waals surface area contributed by atoms with E-state index in [0.29, 0.717) is 5.82 Å². The van der Waals surface area contributed by atoms with Gasteiger partial charge in [0.15, 0.2) is 0 Å². The van der Waals surface area contributed by atoms with Gasteiger partial charge in [-0.05, 0) is 19.4 Å². The number of carbonyl (C=O) groups is 1. The van der Waals surface area contributed by atoms with Crippen LogP contribution in [0, 0.1) is 13.8 Å². The van der Waals surface area contributed by atoms with Crippen molar-refractivity contribution in [2.24, 2.45) is 0 Å². The molecule has 0 aliphatic rings. The lowest BCUT2D eigenvalue weighted by molar-refractivity contribution is -0.131. The Hall–Kier alpha value is -3.04. The summed E-state index contributed by atoms with van der Waals surface area (Å²) in [6.07, 6.45) is 1.10. The van der Waals surface area contributed by atoms with Crippen LogP contribution >= 0.6 is 0 Å². The zero-order chi connectivity index (χ0) is 22.6. The maximum absolute atomic E-state index is 12.7. The van der Waals surface area contributed by atoms with Gasteiger partial charge in [-0.15, -0.1) is 0 Å². The number of hydrogen-bond acceptors (Lipinski definition) is 6. The Bertz CT molecular complexity index is 1140. The molecule has 3 aromatic rings. The summed E-state index contributed by atoms with van der Waals surface area (Å²) in [6.45, 7) is 3.88. The highest BCUT2D eigenvalue weighted by Gasteiger charge is 2.23. The van der Waals surface area contributed by atoms with Gasteiger partial charge in [0.25, 0.3) is 0 Å². The Balaban J connectivity index is 1.65. The van der Waals surface area contributed by atoms with E-state index in [-0.39, 0.29) is 31.4 Å². The Kier molecular flexibility index (Phi) is 6.87. The molecule has 3 rings (SSSR count). The number of nitrogens with zero attached hydrogens (tertiary/aromatic N) is 4. The van der Waals surface area contributed by atoms with Gasteiger partial charge in [0, 0.05) is 19.2 Å². The predicted molar refractivity (Wildman–Crippen MR) is 117 cm³/mol. The fraction of sp³-hybridized carbons (Fsp3) is 0.318. The minimum atomic E-state index is -3.58. The highest BCUT2D eigenvalue weighted by atomic mass is 32.2. The summed E-state index contributed by atoms with van der Waals surface area (Å²) in [4.78, 5) is 18.4. The van der Waals surface area contributed by atoms with Crippen LogP contribution in [0.25, 0.3) is 11.4 Å². The van der Waals surface area contributed by atoms with Crippen LogP contribution in [0.4, 0.5) is 0 Å². The number of hydrogen-bond donors (Lipinski definition) is 0. The zero-order valence-electron chi connectivity index (χ0n) is 18.1. The van der Waals surface area contributed by atoms with Gasteiger partial charge in [0.2, 0.25) is 27.6 Å². The lowest BCUT2D eigenvalue weighted by Gasteiger charge is -2.23. The first-order valence-electron chi connectivity index (χ1n) is 9.76. The number of carbonyl (C=O) groups excluding carboxylic acids is 1. The summed E-state index contributed by atoms with van der Waals surface area (Å²) in [5.74, 6) is 0.344. The van der Waals surface area contributed by atoms with E-state index < -0.39 is 10.0 Å². The summed E-state index contributed by atoms with van der Waals surface area (Å²) < 4.78 is 30.9. The van der Waals surface area contributed by atoms with Gasteiger partial charge in [0.05, 0.1) is 19.3 Å². The predicted octanol–water partition coefficient (Wildman–Crippen LogP) is 2.77. The first-order chi connectivity index (χ1) is 14.6. The van der Waals surface area contributed by atoms with Crippen LogP contribution in [0.2, 0.25) is 0 Å². The maximum atomic E-state index is 12.7. The van der Waals surface area contributed by atoms with E-state index in [0.717, 1.165) is 32.8 Å². The SMILES string of the molecule is Cc1ccc(CN(CC(=O)N(C)Cc2nc(-c3ccc(C)cc3)no2)S(C)(=O)=O)cc1. The van der Waals surface area contributed by atoms with Gasteiger partial charge < -0.3 is 9.42 Å². The molecule has 0 atom stereocenters. The standard InChI is InChI=1S/C22H26N4O4S/c1-16-5-9-18(10-6-16)13-26(31(4,28)29)15-21(27)25(3)14-20-23-22(24-30-20)19-11-7-17(2)8-12-19/h5-12H,13-15H2,1-4H3. The van der Waals surface area contributed by atoms with Crippen LogP contribution in [-0.2, 0) is 27.9 Å². The van der Waals surface area contributed by atoms with Crippen molar-refractivity contribution in [3.63, 3.8) is 0 Å². The first kappa shape index (κ1) is 22.6. The Morgan fingerprint density at radius 1 is 0.968 bits per heavy atom. The van der Waals surface area contributed by atoms with Crippen LogP contribution in [0.5, 0.6) is 0 Å². The lowest BCUT2D eigenvalue weighted by atomic mass is 10.1. The number of aryl methyl sites for hydroxylation is 2. The van der Waals surface area contributed by atoms with Crippen molar-refractivity contribution in [3.05, 3.63) is 71.1 Å². The first-order valence-corrected chi connectivity index (χ1v) is 11.6. The Morgan fingerprint density at radius 3 is 2.13 bits per heavy atom. The topological polar surface area (TPSA) is 96.6 Å². The van der Waals surface area contributed by atoms with Crippen molar-refractivity contribution in [1.82, 2.24) is 19.3 Å². The average molecular weight is 443 g/mol. The third-order valence-corrected chi connectivity index (χ3v) is 6.03. The van der Waals surface area contributed by atoms with Crippen LogP contribution in [0.3, 0.4) is 0 Å². The second kappa shape index (κ2) is 9.40. The molecule has 31 heavy (non-hydrogen) atoms. The summed E-state index contributed by atoms with van der Waals surface area (Å²) in [7, 11) is -2.00. The molecule has 2 aromatic carbocycles. The molecule has 9 heteroatoms. The van der Waals surface area contributed by atoms with Crippen molar-refractivity contribution < 1.29 is 17.7 Å². The van der Waals surface area contributed by atoms with Crippen molar-refractivity contribution in [3.8, 4) is 11.4 Å². The molecule has 0 aliphatic carbocycles. The molecule has 0 unspecified atom stereocenters. The van der Waals surface area contributed by atoms with Gasteiger partial charge in [0.1, 0.15) is 0 Å². The van der Waals surface area contributed by atoms with Crippen molar-refractivity contribution in [2.45, 2.75) is 26.9 Å². The zero-order valence-corrected chi connectivity index (χ0v) is 18.9. The molecule has 1 aromatic heterocycles. The third kappa shape index (κ3) is 6.22. The van der Waals surface area contributed by atoms with Crippen molar-refractivity contribution >= 4 is 15.9 Å². The molecule has 0 bridgehead atoms. The lowest BCUT2D eigenvalue weighted by Crippen LogP contribution is -2.40. The molecule has 164 valence electrons. The van der Waals surface area contributed by atoms with Gasteiger partial charge >= 0.3 is 0 Å². The van der Waals surface area contributed by atoms with Crippen LogP contribution in [0.1, 0.15) is 22.6 Å². The average Bonchev–Trinajstić information content (AvgIpc) is 3.17. The van der Waals surface area contributed by atoms with E-state index in [1.54, 1.807) is 7.05 Å². The van der Waals surface area contributed by atoms with E-state index >= 15 is 0 Å². The molecular formula is C22H26N4O4S. The number of rotatable bonds is 8. The number of amides is 1. The summed E-state index contributed by atoms with van der Waals surface area (Å²) in [5, 5.41) is 3.96. The van der Waals surface area contributed by atoms with E-state index in [1.807, 2.05) is 62.4 Å². The molecule has 0 saturated heterocycles. The van der Waals surface area contributed by atoms with E-state index in [1.165, 1.54) is 4.90 Å². The fourth-order valence-electron chi connectivity index (χ4n) is 2.89. The summed E-state index contributed by atoms with van der Waals surface area (Å²) in [6, 6.07) is 15.2. The minimum absolute atomic E-state index is 0.0832. The van der Waals surface area contributed by atoms with Crippen LogP contribution < -0.4 is 0 Å². The molecule has 0 fully saturated rings. The Morgan fingerprint density at radius 2 is 1.55 bits per heavy atom. The smallest absolute Gasteiger partial charge is 0.246 e. The molecular weight excluding hydrogens is 416 g/mol. The molecule has 0 spiro atoms. The fourth-order valence-corrected chi connectivity index (χ4v) is 3.62. The molecule has 8 nitrogen and oxygen atoms in total. The molecule has 0 saturated carbocycles. The molecule has 0 aliphatic heterocycles. The normalized spacial score (nSPS) is 11.6. The highest BCUT2D eigenvalue weighted by Crippen LogP contribution is 2.17. The summed E-state index contributed by atoms with van der Waals surface area (Å²) >= 11 is 0.